The Labute approximate surface area is 318 Å². The van der Waals surface area contributed by atoms with Crippen LogP contribution in [0.2, 0.25) is 5.04 Å². The van der Waals surface area contributed by atoms with Gasteiger partial charge in [-0.1, -0.05) is 142 Å². The Bertz CT molecular complexity index is 1870. The third-order valence-corrected chi connectivity index (χ3v) is 15.8. The summed E-state index contributed by atoms with van der Waals surface area (Å²) in [6.45, 7) is 7.11. The lowest BCUT2D eigenvalue weighted by atomic mass is 9.97. The molecule has 7 nitrogen and oxygen atoms in total. The van der Waals surface area contributed by atoms with Crippen LogP contribution in [0.1, 0.15) is 36.7 Å². The summed E-state index contributed by atoms with van der Waals surface area (Å²) in [6, 6.07) is 45.3. The second-order valence-electron chi connectivity index (χ2n) is 14.2. The average Bonchev–Trinajstić information content (AvgIpc) is 3.19. The van der Waals surface area contributed by atoms with Crippen LogP contribution in [-0.2, 0) is 25.2 Å². The summed E-state index contributed by atoms with van der Waals surface area (Å²) in [5.74, 6) is 0.268. The number of carbonyl (C=O) groups excluding carboxylic acids is 1. The largest absolute Gasteiger partial charge is 0.497 e. The molecule has 276 valence electrons. The fourth-order valence-corrected chi connectivity index (χ4v) is 12.5. The molecule has 1 aliphatic rings. The van der Waals surface area contributed by atoms with E-state index in [0.29, 0.717) is 5.56 Å². The molecule has 0 radical (unpaired) electrons. The van der Waals surface area contributed by atoms with E-state index >= 15 is 0 Å². The minimum atomic E-state index is -2.98. The van der Waals surface area contributed by atoms with Gasteiger partial charge in [0, 0.05) is 0 Å². The van der Waals surface area contributed by atoms with Crippen LogP contribution in [0.3, 0.4) is 0 Å². The van der Waals surface area contributed by atoms with Crippen molar-refractivity contribution in [1.29, 1.82) is 0 Å². The van der Waals surface area contributed by atoms with Gasteiger partial charge in [0.25, 0.3) is 8.32 Å². The predicted octanol–water partition coefficient (Wildman–Crippen LogP) is 7.46. The third-order valence-electron chi connectivity index (χ3n) is 9.88. The molecule has 1 saturated heterocycles. The highest BCUT2D eigenvalue weighted by Crippen LogP contribution is 2.39. The highest BCUT2D eigenvalue weighted by molar-refractivity contribution is 7.99. The van der Waals surface area contributed by atoms with Gasteiger partial charge in [-0.3, -0.25) is 0 Å². The third kappa shape index (κ3) is 8.46. The Morgan fingerprint density at radius 2 is 1.34 bits per heavy atom. The van der Waals surface area contributed by atoms with Gasteiger partial charge < -0.3 is 29.1 Å². The van der Waals surface area contributed by atoms with Crippen LogP contribution in [-0.4, -0.2) is 64.0 Å². The number of ether oxygens (including phenoxy) is 4. The molecule has 1 aliphatic heterocycles. The van der Waals surface area contributed by atoms with Crippen molar-refractivity contribution in [3.63, 3.8) is 0 Å². The molecule has 9 heteroatoms. The SMILES string of the molecule is COc1ccc(CO[C@@H]2[C@@H](N)[C@H](SC)O[C@H](CO[Si](c3ccccc3)(c3ccccc3)C(C)(C)C)[C@H]2OC(=O)c2ccccc2-c2ccccc2)cc1. The summed E-state index contributed by atoms with van der Waals surface area (Å²) < 4.78 is 32.7. The molecule has 6 rings (SSSR count). The van der Waals surface area contributed by atoms with Crippen molar-refractivity contribution in [2.45, 2.75) is 62.2 Å². The van der Waals surface area contributed by atoms with Crippen LogP contribution in [0.25, 0.3) is 11.1 Å². The van der Waals surface area contributed by atoms with E-state index in [-0.39, 0.29) is 18.3 Å². The summed E-state index contributed by atoms with van der Waals surface area (Å²) in [5, 5.41) is 2.01. The Balaban J connectivity index is 1.39. The van der Waals surface area contributed by atoms with E-state index in [2.05, 4.69) is 69.3 Å². The standard InChI is InChI=1S/C44H49NO6SSi/c1-44(2,3)53(34-19-11-7-12-20-34,35-21-13-8-14-22-35)49-30-38-40(51-42(46)37-24-16-15-23-36(37)32-17-9-6-10-18-32)41(39(45)43(50-38)52-5)48-29-31-25-27-33(47-4)28-26-31/h6-28,38-41,43H,29-30,45H2,1-5H3/t38-,39-,40-,41-,43+/m1/s1. The maximum atomic E-state index is 14.4. The summed E-state index contributed by atoms with van der Waals surface area (Å²) in [4.78, 5) is 14.4. The van der Waals surface area contributed by atoms with Gasteiger partial charge in [-0.2, -0.15) is 0 Å². The maximum absolute atomic E-state index is 14.4. The number of esters is 1. The van der Waals surface area contributed by atoms with E-state index in [1.165, 1.54) is 11.8 Å². The fraction of sp³-hybridized carbons (Fsp3) is 0.295. The predicted molar refractivity (Wildman–Crippen MR) is 216 cm³/mol. The fourth-order valence-electron chi connectivity index (χ4n) is 7.22. The number of benzene rings is 5. The van der Waals surface area contributed by atoms with Crippen molar-refractivity contribution in [2.24, 2.45) is 5.73 Å². The minimum Gasteiger partial charge on any atom is -0.497 e. The highest BCUT2D eigenvalue weighted by atomic mass is 32.2. The lowest BCUT2D eigenvalue weighted by molar-refractivity contribution is -0.185. The van der Waals surface area contributed by atoms with Crippen molar-refractivity contribution in [2.75, 3.05) is 20.0 Å². The van der Waals surface area contributed by atoms with Crippen LogP contribution in [0.15, 0.2) is 140 Å². The maximum Gasteiger partial charge on any atom is 0.339 e. The van der Waals surface area contributed by atoms with Crippen molar-refractivity contribution < 1.29 is 28.2 Å². The zero-order valence-corrected chi connectivity index (χ0v) is 32.8. The number of methoxy groups -OCH3 is 1. The Morgan fingerprint density at radius 1 is 0.774 bits per heavy atom. The average molecular weight is 748 g/mol. The van der Waals surface area contributed by atoms with Gasteiger partial charge in [-0.15, -0.1) is 11.8 Å². The molecule has 0 spiro atoms. The summed E-state index contributed by atoms with van der Waals surface area (Å²) in [7, 11) is -1.34. The minimum absolute atomic E-state index is 0.151. The molecule has 53 heavy (non-hydrogen) atoms. The molecule has 0 unspecified atom stereocenters. The van der Waals surface area contributed by atoms with Crippen molar-refractivity contribution >= 4 is 36.4 Å². The van der Waals surface area contributed by atoms with Crippen LogP contribution >= 0.6 is 11.8 Å². The van der Waals surface area contributed by atoms with E-state index in [4.69, 9.17) is 29.1 Å². The molecule has 0 bridgehead atoms. The van der Waals surface area contributed by atoms with Gasteiger partial charge in [0.15, 0.2) is 6.10 Å². The topological polar surface area (TPSA) is 89.2 Å². The van der Waals surface area contributed by atoms with Crippen molar-refractivity contribution in [3.05, 3.63) is 151 Å². The number of nitrogens with two attached hydrogens (primary N) is 1. The molecule has 5 aromatic rings. The van der Waals surface area contributed by atoms with E-state index in [0.717, 1.165) is 32.8 Å². The number of carbonyl (C=O) groups is 1. The molecule has 5 atom stereocenters. The lowest BCUT2D eigenvalue weighted by Crippen LogP contribution is -2.69. The van der Waals surface area contributed by atoms with Crippen molar-refractivity contribution in [3.8, 4) is 16.9 Å². The molecule has 2 N–H and O–H groups in total. The number of hydrogen-bond donors (Lipinski definition) is 1. The molecule has 0 aliphatic carbocycles. The Kier molecular flexibility index (Phi) is 12.6. The van der Waals surface area contributed by atoms with Gasteiger partial charge in [0.1, 0.15) is 23.4 Å². The molecular weight excluding hydrogens is 699 g/mol. The van der Waals surface area contributed by atoms with Gasteiger partial charge in [-0.05, 0) is 56.6 Å². The summed E-state index contributed by atoms with van der Waals surface area (Å²) >= 11 is 1.51. The van der Waals surface area contributed by atoms with E-state index in [1.54, 1.807) is 13.2 Å². The van der Waals surface area contributed by atoms with Crippen molar-refractivity contribution in [1.82, 2.24) is 0 Å². The first-order chi connectivity index (χ1) is 25.7. The first-order valence-corrected chi connectivity index (χ1v) is 21.1. The second-order valence-corrected chi connectivity index (χ2v) is 19.5. The number of hydrogen-bond acceptors (Lipinski definition) is 8. The molecule has 0 aromatic heterocycles. The van der Waals surface area contributed by atoms with E-state index < -0.39 is 44.1 Å². The number of thioether (sulfide) groups is 1. The normalized spacial score (nSPS) is 20.5. The lowest BCUT2D eigenvalue weighted by Gasteiger charge is -2.47. The summed E-state index contributed by atoms with van der Waals surface area (Å²) in [5.41, 5.74) is 9.58. The Morgan fingerprint density at radius 3 is 1.91 bits per heavy atom. The quantitative estimate of drug-likeness (QED) is 0.0982. The first-order valence-electron chi connectivity index (χ1n) is 17.9. The van der Waals surface area contributed by atoms with Crippen LogP contribution in [0.4, 0.5) is 0 Å². The monoisotopic (exact) mass is 747 g/mol. The number of rotatable bonds is 13. The highest BCUT2D eigenvalue weighted by Gasteiger charge is 2.53. The van der Waals surface area contributed by atoms with Gasteiger partial charge in [0.2, 0.25) is 0 Å². The second kappa shape index (κ2) is 17.3. The van der Waals surface area contributed by atoms with Crippen LogP contribution in [0, 0.1) is 0 Å². The van der Waals surface area contributed by atoms with Crippen LogP contribution in [0.5, 0.6) is 5.75 Å². The molecular formula is C44H49NO6SSi. The van der Waals surface area contributed by atoms with E-state index in [9.17, 15) is 4.79 Å². The molecule has 5 aromatic carbocycles. The van der Waals surface area contributed by atoms with E-state index in [1.807, 2.05) is 91.2 Å². The van der Waals surface area contributed by atoms with Gasteiger partial charge in [0.05, 0.1) is 31.9 Å². The first kappa shape index (κ1) is 38.5. The molecule has 0 amide bonds. The smallest absolute Gasteiger partial charge is 0.339 e. The van der Waals surface area contributed by atoms with Crippen LogP contribution < -0.4 is 20.8 Å². The summed E-state index contributed by atoms with van der Waals surface area (Å²) in [6.07, 6.45) is -0.319. The Hall–Kier alpha value is -4.22. The molecule has 1 fully saturated rings. The molecule has 1 heterocycles. The zero-order chi connectivity index (χ0) is 37.4. The van der Waals surface area contributed by atoms with Gasteiger partial charge in [-0.25, -0.2) is 4.79 Å². The molecule has 0 saturated carbocycles. The zero-order valence-electron chi connectivity index (χ0n) is 31.0. The van der Waals surface area contributed by atoms with Gasteiger partial charge >= 0.3 is 5.97 Å².